The molecule has 1 aromatic rings. The summed E-state index contributed by atoms with van der Waals surface area (Å²) >= 11 is 0. The lowest BCUT2D eigenvalue weighted by atomic mass is 9.94. The van der Waals surface area contributed by atoms with Gasteiger partial charge in [0.1, 0.15) is 5.75 Å². The van der Waals surface area contributed by atoms with Crippen molar-refractivity contribution in [3.8, 4) is 5.75 Å². The Morgan fingerprint density at radius 2 is 2.14 bits per heavy atom. The van der Waals surface area contributed by atoms with E-state index >= 15 is 0 Å². The van der Waals surface area contributed by atoms with Crippen molar-refractivity contribution in [3.05, 3.63) is 29.3 Å². The van der Waals surface area contributed by atoms with Gasteiger partial charge < -0.3 is 19.9 Å². The van der Waals surface area contributed by atoms with Gasteiger partial charge in [-0.25, -0.2) is 0 Å². The Labute approximate surface area is 125 Å². The van der Waals surface area contributed by atoms with Crippen molar-refractivity contribution in [1.82, 2.24) is 5.32 Å². The van der Waals surface area contributed by atoms with E-state index < -0.39 is 5.60 Å². The molecule has 2 N–H and O–H groups in total. The second-order valence-corrected chi connectivity index (χ2v) is 5.59. The summed E-state index contributed by atoms with van der Waals surface area (Å²) in [6, 6.07) is 5.73. The minimum Gasteiger partial charge on any atom is -0.496 e. The lowest BCUT2D eigenvalue weighted by molar-refractivity contribution is -0.123. The molecular formula is C16H23NO4. The molecule has 1 heterocycles. The first-order valence-electron chi connectivity index (χ1n) is 7.23. The van der Waals surface area contributed by atoms with Gasteiger partial charge in [0.05, 0.1) is 19.1 Å². The number of benzene rings is 1. The number of hydrogen-bond donors (Lipinski definition) is 2. The van der Waals surface area contributed by atoms with Gasteiger partial charge in [-0.2, -0.15) is 0 Å². The van der Waals surface area contributed by atoms with Crippen LogP contribution in [-0.2, 0) is 16.0 Å². The Balaban J connectivity index is 1.87. The molecule has 0 spiro atoms. The van der Waals surface area contributed by atoms with E-state index in [0.717, 1.165) is 16.9 Å². The molecule has 21 heavy (non-hydrogen) atoms. The molecule has 1 aromatic carbocycles. The smallest absolute Gasteiger partial charge is 0.224 e. The van der Waals surface area contributed by atoms with Crippen LogP contribution in [-0.4, -0.2) is 43.5 Å². The molecule has 1 fully saturated rings. The highest BCUT2D eigenvalue weighted by Gasteiger charge is 2.30. The molecule has 0 radical (unpaired) electrons. The normalized spacial score (nSPS) is 17.3. The van der Waals surface area contributed by atoms with Crippen molar-refractivity contribution >= 4 is 5.91 Å². The number of hydrogen-bond acceptors (Lipinski definition) is 4. The number of nitrogens with one attached hydrogen (secondary N) is 1. The summed E-state index contributed by atoms with van der Waals surface area (Å²) in [5.74, 6) is 0.684. The van der Waals surface area contributed by atoms with Crippen molar-refractivity contribution in [1.29, 1.82) is 0 Å². The Morgan fingerprint density at radius 3 is 2.81 bits per heavy atom. The molecule has 0 aromatic heterocycles. The van der Waals surface area contributed by atoms with Crippen molar-refractivity contribution in [2.75, 3.05) is 26.9 Å². The van der Waals surface area contributed by atoms with E-state index in [0.29, 0.717) is 26.1 Å². The first-order valence-corrected chi connectivity index (χ1v) is 7.23. The van der Waals surface area contributed by atoms with Gasteiger partial charge in [0.25, 0.3) is 0 Å². The zero-order valence-corrected chi connectivity index (χ0v) is 12.6. The van der Waals surface area contributed by atoms with Gasteiger partial charge in [0.2, 0.25) is 5.91 Å². The van der Waals surface area contributed by atoms with Crippen LogP contribution in [0.1, 0.15) is 24.0 Å². The minimum absolute atomic E-state index is 0.0965. The molecule has 1 amide bonds. The van der Waals surface area contributed by atoms with Gasteiger partial charge >= 0.3 is 0 Å². The third kappa shape index (κ3) is 4.44. The molecule has 1 aliphatic rings. The fourth-order valence-electron chi connectivity index (χ4n) is 2.41. The van der Waals surface area contributed by atoms with Crippen LogP contribution in [0.4, 0.5) is 0 Å². The van der Waals surface area contributed by atoms with Gasteiger partial charge in [0.15, 0.2) is 0 Å². The largest absolute Gasteiger partial charge is 0.496 e. The van der Waals surface area contributed by atoms with Crippen LogP contribution in [0.15, 0.2) is 18.2 Å². The van der Waals surface area contributed by atoms with E-state index in [2.05, 4.69) is 5.32 Å². The summed E-state index contributed by atoms with van der Waals surface area (Å²) in [7, 11) is 1.62. The van der Waals surface area contributed by atoms with Gasteiger partial charge in [-0.05, 0) is 24.1 Å². The van der Waals surface area contributed by atoms with Crippen molar-refractivity contribution in [2.45, 2.75) is 31.8 Å². The molecule has 0 saturated carbocycles. The van der Waals surface area contributed by atoms with Gasteiger partial charge in [-0.1, -0.05) is 12.1 Å². The minimum atomic E-state index is -0.834. The quantitative estimate of drug-likeness (QED) is 0.856. The molecular weight excluding hydrogens is 270 g/mol. The van der Waals surface area contributed by atoms with E-state index in [1.165, 1.54) is 0 Å². The van der Waals surface area contributed by atoms with Crippen LogP contribution in [0.2, 0.25) is 0 Å². The van der Waals surface area contributed by atoms with Crippen LogP contribution in [0.25, 0.3) is 0 Å². The Kier molecular flexibility index (Phi) is 5.20. The van der Waals surface area contributed by atoms with Crippen molar-refractivity contribution in [3.63, 3.8) is 0 Å². The standard InChI is InChI=1S/C16H23NO4/c1-12-3-4-13(9-14(12)20-2)10-15(18)17-11-16(19)5-7-21-8-6-16/h3-4,9,19H,5-8,10-11H2,1-2H3,(H,17,18). The van der Waals surface area contributed by atoms with E-state index in [1.807, 2.05) is 25.1 Å². The highest BCUT2D eigenvalue weighted by atomic mass is 16.5. The number of rotatable bonds is 5. The highest BCUT2D eigenvalue weighted by molar-refractivity contribution is 5.78. The van der Waals surface area contributed by atoms with E-state index in [4.69, 9.17) is 9.47 Å². The van der Waals surface area contributed by atoms with Crippen molar-refractivity contribution < 1.29 is 19.4 Å². The van der Waals surface area contributed by atoms with Crippen LogP contribution in [0.3, 0.4) is 0 Å². The van der Waals surface area contributed by atoms with E-state index in [9.17, 15) is 9.90 Å². The van der Waals surface area contributed by atoms with Crippen LogP contribution in [0.5, 0.6) is 5.75 Å². The summed E-state index contributed by atoms with van der Waals surface area (Å²) in [4.78, 5) is 12.0. The van der Waals surface area contributed by atoms with Gasteiger partial charge in [-0.15, -0.1) is 0 Å². The molecule has 0 atom stereocenters. The topological polar surface area (TPSA) is 67.8 Å². The first-order chi connectivity index (χ1) is 10.0. The molecule has 2 rings (SSSR count). The highest BCUT2D eigenvalue weighted by Crippen LogP contribution is 2.20. The summed E-state index contributed by atoms with van der Waals surface area (Å²) < 4.78 is 10.5. The molecule has 1 saturated heterocycles. The lowest BCUT2D eigenvalue weighted by Gasteiger charge is -2.32. The third-order valence-corrected chi connectivity index (χ3v) is 3.88. The molecule has 0 bridgehead atoms. The lowest BCUT2D eigenvalue weighted by Crippen LogP contribution is -2.46. The maximum Gasteiger partial charge on any atom is 0.224 e. The number of carbonyl (C=O) groups excluding carboxylic acids is 1. The number of methoxy groups -OCH3 is 1. The van der Waals surface area contributed by atoms with Crippen LogP contribution < -0.4 is 10.1 Å². The molecule has 0 aliphatic carbocycles. The van der Waals surface area contributed by atoms with Gasteiger partial charge in [-0.3, -0.25) is 4.79 Å². The molecule has 5 heteroatoms. The summed E-state index contributed by atoms with van der Waals surface area (Å²) in [5, 5.41) is 13.1. The van der Waals surface area contributed by atoms with Crippen LogP contribution >= 0.6 is 0 Å². The average molecular weight is 293 g/mol. The molecule has 0 unspecified atom stereocenters. The second-order valence-electron chi connectivity index (χ2n) is 5.59. The zero-order chi connectivity index (χ0) is 15.3. The number of aliphatic hydroxyl groups is 1. The Morgan fingerprint density at radius 1 is 1.43 bits per heavy atom. The maximum atomic E-state index is 12.0. The predicted octanol–water partition coefficient (Wildman–Crippen LogP) is 1.20. The maximum absolute atomic E-state index is 12.0. The van der Waals surface area contributed by atoms with Crippen LogP contribution in [0, 0.1) is 6.92 Å². The second kappa shape index (κ2) is 6.91. The average Bonchev–Trinajstić information content (AvgIpc) is 2.48. The SMILES string of the molecule is COc1cc(CC(=O)NCC2(O)CCOCC2)ccc1C. The fraction of sp³-hybridized carbons (Fsp3) is 0.562. The third-order valence-electron chi connectivity index (χ3n) is 3.88. The number of carbonyl (C=O) groups is 1. The summed E-state index contributed by atoms with van der Waals surface area (Å²) in [6.45, 7) is 3.32. The fourth-order valence-corrected chi connectivity index (χ4v) is 2.41. The summed E-state index contributed by atoms with van der Waals surface area (Å²) in [6.07, 6.45) is 1.40. The molecule has 5 nitrogen and oxygen atoms in total. The Bertz CT molecular complexity index is 495. The number of aryl methyl sites for hydroxylation is 1. The van der Waals surface area contributed by atoms with Gasteiger partial charge in [0, 0.05) is 32.6 Å². The van der Waals surface area contributed by atoms with E-state index in [-0.39, 0.29) is 18.9 Å². The van der Waals surface area contributed by atoms with E-state index in [1.54, 1.807) is 7.11 Å². The monoisotopic (exact) mass is 293 g/mol. The number of amides is 1. The Hall–Kier alpha value is -1.59. The number of ether oxygens (including phenoxy) is 2. The predicted molar refractivity (Wildman–Crippen MR) is 79.4 cm³/mol. The zero-order valence-electron chi connectivity index (χ0n) is 12.6. The van der Waals surface area contributed by atoms with Crippen molar-refractivity contribution in [2.24, 2.45) is 0 Å². The first kappa shape index (κ1) is 15.8. The molecule has 116 valence electrons. The summed E-state index contributed by atoms with van der Waals surface area (Å²) in [5.41, 5.74) is 1.10. The molecule has 1 aliphatic heterocycles.